The fourth-order valence-electron chi connectivity index (χ4n) is 1.66. The molecule has 2 nitrogen and oxygen atoms in total. The molecule has 17 heavy (non-hydrogen) atoms. The van der Waals surface area contributed by atoms with Gasteiger partial charge in [-0.2, -0.15) is 0 Å². The van der Waals surface area contributed by atoms with Gasteiger partial charge in [-0.1, -0.05) is 12.1 Å². The van der Waals surface area contributed by atoms with Crippen LogP contribution in [0.25, 0.3) is 0 Å². The first-order chi connectivity index (χ1) is 7.88. The zero-order valence-electron chi connectivity index (χ0n) is 11.8. The summed E-state index contributed by atoms with van der Waals surface area (Å²) in [5, 5.41) is 2.36. The summed E-state index contributed by atoms with van der Waals surface area (Å²) in [6.07, 6.45) is 1.09. The summed E-state index contributed by atoms with van der Waals surface area (Å²) >= 11 is 0. The van der Waals surface area contributed by atoms with E-state index < -0.39 is 0 Å². The Balaban J connectivity index is 2.29. The van der Waals surface area contributed by atoms with Crippen LogP contribution in [0.5, 0.6) is 5.75 Å². The number of benzene rings is 1. The fraction of sp³-hybridized carbons (Fsp3) is 0.600. The molecule has 96 valence electrons. The van der Waals surface area contributed by atoms with Crippen LogP contribution in [-0.4, -0.2) is 18.7 Å². The normalized spacial score (nSPS) is 11.6. The molecule has 0 heterocycles. The predicted octanol–water partition coefficient (Wildman–Crippen LogP) is 2.43. The molecule has 0 aromatic heterocycles. The van der Waals surface area contributed by atoms with E-state index in [-0.39, 0.29) is 0 Å². The molecule has 0 atom stereocenters. The third kappa shape index (κ3) is 5.73. The Bertz CT molecular complexity index is 352. The van der Waals surface area contributed by atoms with Crippen LogP contribution >= 0.6 is 0 Å². The van der Waals surface area contributed by atoms with Crippen molar-refractivity contribution in [3.8, 4) is 5.75 Å². The fourth-order valence-corrected chi connectivity index (χ4v) is 1.66. The lowest BCUT2D eigenvalue weighted by Crippen LogP contribution is -2.94. The Labute approximate surface area is 105 Å². The monoisotopic (exact) mass is 236 g/mol. The first-order valence-corrected chi connectivity index (χ1v) is 6.43. The Morgan fingerprint density at radius 3 is 2.53 bits per heavy atom. The van der Waals surface area contributed by atoms with E-state index >= 15 is 0 Å². The summed E-state index contributed by atoms with van der Waals surface area (Å²) in [5.74, 6) is 1.03. The number of hydrogen-bond donors (Lipinski definition) is 1. The van der Waals surface area contributed by atoms with Crippen LogP contribution in [0.3, 0.4) is 0 Å². The van der Waals surface area contributed by atoms with E-state index in [2.05, 4.69) is 58.1 Å². The van der Waals surface area contributed by atoms with Crippen LogP contribution in [0.2, 0.25) is 0 Å². The van der Waals surface area contributed by atoms with Gasteiger partial charge in [0.25, 0.3) is 0 Å². The summed E-state index contributed by atoms with van der Waals surface area (Å²) in [6.45, 7) is 12.8. The van der Waals surface area contributed by atoms with Gasteiger partial charge in [0.05, 0.1) is 18.7 Å². The quantitative estimate of drug-likeness (QED) is 0.781. The molecule has 0 aliphatic heterocycles. The summed E-state index contributed by atoms with van der Waals surface area (Å²) < 4.78 is 5.81. The second-order valence-corrected chi connectivity index (χ2v) is 5.83. The van der Waals surface area contributed by atoms with E-state index in [4.69, 9.17) is 4.74 Å². The number of nitrogens with two attached hydrogens (primary N) is 1. The van der Waals surface area contributed by atoms with Gasteiger partial charge >= 0.3 is 0 Å². The van der Waals surface area contributed by atoms with Crippen molar-refractivity contribution in [3.05, 3.63) is 29.3 Å². The van der Waals surface area contributed by atoms with Crippen LogP contribution in [0.4, 0.5) is 0 Å². The highest BCUT2D eigenvalue weighted by Gasteiger charge is 2.11. The van der Waals surface area contributed by atoms with E-state index in [1.54, 1.807) is 0 Å². The van der Waals surface area contributed by atoms with Gasteiger partial charge in [-0.25, -0.2) is 0 Å². The van der Waals surface area contributed by atoms with Gasteiger partial charge in [-0.15, -0.1) is 0 Å². The maximum atomic E-state index is 5.81. The number of quaternary nitrogens is 1. The van der Waals surface area contributed by atoms with E-state index in [1.807, 2.05) is 0 Å². The summed E-state index contributed by atoms with van der Waals surface area (Å²) in [5.41, 5.74) is 2.79. The van der Waals surface area contributed by atoms with Crippen LogP contribution < -0.4 is 10.1 Å². The number of aryl methyl sites for hydroxylation is 2. The number of ether oxygens (including phenoxy) is 1. The summed E-state index contributed by atoms with van der Waals surface area (Å²) in [6, 6.07) is 6.35. The summed E-state index contributed by atoms with van der Waals surface area (Å²) in [4.78, 5) is 0. The van der Waals surface area contributed by atoms with E-state index in [1.165, 1.54) is 11.1 Å². The molecule has 0 aliphatic carbocycles. The van der Waals surface area contributed by atoms with Crippen molar-refractivity contribution < 1.29 is 10.1 Å². The molecule has 1 aromatic carbocycles. The molecule has 2 N–H and O–H groups in total. The average Bonchev–Trinajstić information content (AvgIpc) is 2.21. The first kappa shape index (κ1) is 14.0. The Morgan fingerprint density at radius 2 is 1.88 bits per heavy atom. The molecule has 2 heteroatoms. The molecule has 0 aliphatic rings. The highest BCUT2D eigenvalue weighted by atomic mass is 16.5. The third-order valence-electron chi connectivity index (χ3n) is 2.71. The highest BCUT2D eigenvalue weighted by molar-refractivity contribution is 5.35. The second-order valence-electron chi connectivity index (χ2n) is 5.83. The molecule has 0 saturated heterocycles. The minimum Gasteiger partial charge on any atom is -0.493 e. The van der Waals surface area contributed by atoms with Gasteiger partial charge in [0.15, 0.2) is 0 Å². The number of rotatable bonds is 5. The van der Waals surface area contributed by atoms with Gasteiger partial charge < -0.3 is 10.1 Å². The molecular weight excluding hydrogens is 210 g/mol. The highest BCUT2D eigenvalue weighted by Crippen LogP contribution is 2.18. The molecule has 1 rings (SSSR count). The lowest BCUT2D eigenvalue weighted by molar-refractivity contribution is -0.717. The molecule has 0 saturated carbocycles. The maximum absolute atomic E-state index is 5.81. The first-order valence-electron chi connectivity index (χ1n) is 6.43. The Morgan fingerprint density at radius 1 is 1.18 bits per heavy atom. The van der Waals surface area contributed by atoms with Crippen molar-refractivity contribution in [1.29, 1.82) is 0 Å². The van der Waals surface area contributed by atoms with Crippen molar-refractivity contribution in [2.45, 2.75) is 46.6 Å². The van der Waals surface area contributed by atoms with Gasteiger partial charge in [-0.3, -0.25) is 0 Å². The maximum Gasteiger partial charge on any atom is 0.122 e. The Hall–Kier alpha value is -1.02. The summed E-state index contributed by atoms with van der Waals surface area (Å²) in [7, 11) is 0. The predicted molar refractivity (Wildman–Crippen MR) is 72.6 cm³/mol. The number of hydrogen-bond acceptors (Lipinski definition) is 1. The topological polar surface area (TPSA) is 25.8 Å². The molecule has 0 unspecified atom stereocenters. The molecule has 0 amide bonds. The molecule has 0 spiro atoms. The standard InChI is InChI=1S/C15H25NO/c1-12-7-8-13(2)14(11-12)17-10-6-9-16-15(3,4)5/h7-8,11,16H,6,9-10H2,1-5H3/p+1. The van der Waals surface area contributed by atoms with Crippen LogP contribution in [0.15, 0.2) is 18.2 Å². The molecule has 0 radical (unpaired) electrons. The zero-order valence-corrected chi connectivity index (χ0v) is 11.8. The van der Waals surface area contributed by atoms with Crippen LogP contribution in [-0.2, 0) is 0 Å². The van der Waals surface area contributed by atoms with Crippen molar-refractivity contribution in [2.75, 3.05) is 13.2 Å². The van der Waals surface area contributed by atoms with E-state index in [0.717, 1.165) is 25.3 Å². The Kier molecular flexibility index (Phi) is 5.01. The lowest BCUT2D eigenvalue weighted by atomic mass is 10.1. The smallest absolute Gasteiger partial charge is 0.122 e. The molecule has 1 aromatic rings. The minimum absolute atomic E-state index is 0.319. The van der Waals surface area contributed by atoms with Gasteiger partial charge in [0.1, 0.15) is 5.75 Å². The third-order valence-corrected chi connectivity index (χ3v) is 2.71. The van der Waals surface area contributed by atoms with Crippen molar-refractivity contribution in [3.63, 3.8) is 0 Å². The molecule has 0 bridgehead atoms. The molecule has 0 fully saturated rings. The zero-order chi connectivity index (χ0) is 12.9. The van der Waals surface area contributed by atoms with Crippen molar-refractivity contribution in [2.24, 2.45) is 0 Å². The van der Waals surface area contributed by atoms with Crippen molar-refractivity contribution >= 4 is 0 Å². The lowest BCUT2D eigenvalue weighted by Gasteiger charge is -2.17. The average molecular weight is 236 g/mol. The van der Waals surface area contributed by atoms with E-state index in [0.29, 0.717) is 5.54 Å². The minimum atomic E-state index is 0.319. The van der Waals surface area contributed by atoms with Gasteiger partial charge in [0, 0.05) is 6.42 Å². The van der Waals surface area contributed by atoms with Gasteiger partial charge in [-0.05, 0) is 51.8 Å². The van der Waals surface area contributed by atoms with Crippen molar-refractivity contribution in [1.82, 2.24) is 0 Å². The second kappa shape index (κ2) is 6.06. The largest absolute Gasteiger partial charge is 0.493 e. The van der Waals surface area contributed by atoms with Gasteiger partial charge in [0.2, 0.25) is 0 Å². The molecular formula is C15H26NO+. The van der Waals surface area contributed by atoms with E-state index in [9.17, 15) is 0 Å². The SMILES string of the molecule is Cc1ccc(C)c(OCCC[NH2+]C(C)(C)C)c1. The van der Waals surface area contributed by atoms with Crippen LogP contribution in [0.1, 0.15) is 38.3 Å². The van der Waals surface area contributed by atoms with Crippen LogP contribution in [0, 0.1) is 13.8 Å².